The Kier molecular flexibility index (Phi) is 5.99. The van der Waals surface area contributed by atoms with Crippen LogP contribution in [-0.4, -0.2) is 14.3 Å². The maximum absolute atomic E-state index is 12.6. The maximum Gasteiger partial charge on any atom is 0.416 e. The summed E-state index contributed by atoms with van der Waals surface area (Å²) in [6.07, 6.45) is -4.58. The number of hydrogen-bond acceptors (Lipinski definition) is 3. The maximum atomic E-state index is 12.6. The van der Waals surface area contributed by atoms with Crippen LogP contribution in [0.25, 0.3) is 0 Å². The van der Waals surface area contributed by atoms with Crippen molar-refractivity contribution in [3.8, 4) is 0 Å². The number of nitrogens with one attached hydrogen (secondary N) is 1. The molecule has 0 saturated heterocycles. The number of sulfonamides is 1. The minimum atomic E-state index is -4.58. The van der Waals surface area contributed by atoms with Crippen LogP contribution in [0.2, 0.25) is 0 Å². The first-order chi connectivity index (χ1) is 12.2. The summed E-state index contributed by atoms with van der Waals surface area (Å²) in [6, 6.07) is 17.3. The fourth-order valence-corrected chi connectivity index (χ4v) is 2.88. The molecular weight excluding hydrogens is 367 g/mol. The quantitative estimate of drug-likeness (QED) is 0.876. The highest BCUT2D eigenvalue weighted by atomic mass is 32.2. The van der Waals surface area contributed by atoms with E-state index in [1.165, 1.54) is 12.1 Å². The van der Waals surface area contributed by atoms with Crippen molar-refractivity contribution in [2.45, 2.75) is 11.1 Å². The van der Waals surface area contributed by atoms with E-state index in [1.807, 2.05) is 4.72 Å². The predicted octanol–water partition coefficient (Wildman–Crippen LogP) is 3.95. The van der Waals surface area contributed by atoms with Gasteiger partial charge in [-0.05, 0) is 36.4 Å². The molecule has 2 rings (SSSR count). The van der Waals surface area contributed by atoms with Gasteiger partial charge in [-0.2, -0.15) is 13.2 Å². The molecule has 0 bridgehead atoms. The molecule has 1 amide bonds. The molecule has 26 heavy (non-hydrogen) atoms. The third-order valence-corrected chi connectivity index (χ3v) is 4.55. The molecule has 8 heteroatoms. The van der Waals surface area contributed by atoms with Crippen LogP contribution in [0.1, 0.15) is 15.9 Å². The van der Waals surface area contributed by atoms with Gasteiger partial charge in [0.25, 0.3) is 15.9 Å². The SMILES string of the molecule is O=C(NS(=O)(=O)c1ccc(C(F)(F)F)cc1)c1ccccccccc1. The fraction of sp³-hybridized carbons (Fsp3) is 0.0556. The second-order valence-corrected chi connectivity index (χ2v) is 6.77. The number of benzene rings is 1. The van der Waals surface area contributed by atoms with Gasteiger partial charge < -0.3 is 0 Å². The molecule has 0 aliphatic carbocycles. The van der Waals surface area contributed by atoms with E-state index >= 15 is 0 Å². The molecule has 0 aromatic heterocycles. The third kappa shape index (κ3) is 5.32. The summed E-state index contributed by atoms with van der Waals surface area (Å²) in [5.74, 6) is -0.899. The van der Waals surface area contributed by atoms with E-state index in [4.69, 9.17) is 0 Å². The largest absolute Gasteiger partial charge is 0.416 e. The first kappa shape index (κ1) is 19.5. The van der Waals surface area contributed by atoms with Crippen LogP contribution < -0.4 is 4.72 Å². The lowest BCUT2D eigenvalue weighted by molar-refractivity contribution is -0.137. The second kappa shape index (κ2) is 8.01. The topological polar surface area (TPSA) is 63.2 Å². The zero-order valence-corrected chi connectivity index (χ0v) is 14.1. The first-order valence-electron chi connectivity index (χ1n) is 7.33. The van der Waals surface area contributed by atoms with Crippen molar-refractivity contribution in [2.24, 2.45) is 0 Å². The fourth-order valence-electron chi connectivity index (χ4n) is 1.91. The van der Waals surface area contributed by atoms with Crippen molar-refractivity contribution in [1.82, 2.24) is 4.72 Å². The number of carbonyl (C=O) groups is 1. The van der Waals surface area contributed by atoms with E-state index in [2.05, 4.69) is 0 Å². The van der Waals surface area contributed by atoms with E-state index in [-0.39, 0.29) is 5.56 Å². The van der Waals surface area contributed by atoms with Gasteiger partial charge in [0, 0.05) is 5.56 Å². The normalized spacial score (nSPS) is 11.3. The van der Waals surface area contributed by atoms with Gasteiger partial charge in [0.1, 0.15) is 0 Å². The lowest BCUT2D eigenvalue weighted by Crippen LogP contribution is -2.30. The van der Waals surface area contributed by atoms with Crippen molar-refractivity contribution in [3.63, 3.8) is 0 Å². The molecule has 0 saturated carbocycles. The summed E-state index contributed by atoms with van der Waals surface area (Å²) in [5, 5.41) is 0. The number of alkyl halides is 3. The third-order valence-electron chi connectivity index (χ3n) is 3.20. The van der Waals surface area contributed by atoms with Crippen molar-refractivity contribution < 1.29 is 26.4 Å². The molecular formula is C18H14F3NO3S. The molecule has 136 valence electrons. The monoisotopic (exact) mass is 381 g/mol. The molecule has 0 fully saturated rings. The lowest BCUT2D eigenvalue weighted by Gasteiger charge is -2.09. The number of amides is 1. The van der Waals surface area contributed by atoms with Gasteiger partial charge in [-0.3, -0.25) is 4.79 Å². The summed E-state index contributed by atoms with van der Waals surface area (Å²) in [7, 11) is -4.31. The summed E-state index contributed by atoms with van der Waals surface area (Å²) in [5.41, 5.74) is -0.914. The molecule has 0 unspecified atom stereocenters. The summed E-state index contributed by atoms with van der Waals surface area (Å²) in [4.78, 5) is 11.8. The molecule has 1 N–H and O–H groups in total. The second-order valence-electron chi connectivity index (χ2n) is 5.09. The van der Waals surface area contributed by atoms with Crippen molar-refractivity contribution in [3.05, 3.63) is 90.0 Å². The highest BCUT2D eigenvalue weighted by molar-refractivity contribution is 7.90. The highest BCUT2D eigenvalue weighted by Crippen LogP contribution is 2.29. The molecule has 4 nitrogen and oxygen atoms in total. The van der Waals surface area contributed by atoms with E-state index in [1.54, 1.807) is 42.5 Å². The number of hydrogen-bond donors (Lipinski definition) is 1. The average Bonchev–Trinajstić information content (AvgIpc) is 2.58. The molecule has 0 atom stereocenters. The van der Waals surface area contributed by atoms with Crippen LogP contribution >= 0.6 is 0 Å². The standard InChI is InChI=1S/C18H14F3NO3S/c19-18(20,21)15-10-12-16(13-11-15)26(24,25)22-17(23)14-8-6-4-2-1-3-5-7-9-14/h1-13H,(H,22,23). The van der Waals surface area contributed by atoms with Gasteiger partial charge in [0.15, 0.2) is 0 Å². The number of rotatable bonds is 3. The molecule has 0 radical (unpaired) electrons. The van der Waals surface area contributed by atoms with Gasteiger partial charge in [-0.1, -0.05) is 42.5 Å². The Labute approximate surface area is 148 Å². The molecule has 2 aromatic carbocycles. The van der Waals surface area contributed by atoms with Crippen molar-refractivity contribution in [2.75, 3.05) is 0 Å². The Morgan fingerprint density at radius 1 is 0.769 bits per heavy atom. The van der Waals surface area contributed by atoms with Gasteiger partial charge >= 0.3 is 6.18 Å². The van der Waals surface area contributed by atoms with Crippen LogP contribution in [0.4, 0.5) is 13.2 Å². The smallest absolute Gasteiger partial charge is 0.268 e. The van der Waals surface area contributed by atoms with Gasteiger partial charge in [-0.15, -0.1) is 0 Å². The Morgan fingerprint density at radius 2 is 1.23 bits per heavy atom. The van der Waals surface area contributed by atoms with E-state index in [0.29, 0.717) is 12.1 Å². The number of carbonyl (C=O) groups excluding carboxylic acids is 1. The molecule has 0 heterocycles. The summed E-state index contributed by atoms with van der Waals surface area (Å²) in [6.45, 7) is 0. The zero-order valence-electron chi connectivity index (χ0n) is 13.3. The van der Waals surface area contributed by atoms with E-state index < -0.39 is 32.6 Å². The Hall–Kier alpha value is -2.87. The highest BCUT2D eigenvalue weighted by Gasteiger charge is 2.30. The first-order valence-corrected chi connectivity index (χ1v) is 8.81. The minimum absolute atomic E-state index is 0.0664. The molecule has 0 aliphatic heterocycles. The molecule has 2 aromatic rings. The van der Waals surface area contributed by atoms with Crippen molar-refractivity contribution in [1.29, 1.82) is 0 Å². The van der Waals surface area contributed by atoms with Crippen LogP contribution in [-0.2, 0) is 16.2 Å². The summed E-state index contributed by atoms with van der Waals surface area (Å²) < 4.78 is 63.9. The minimum Gasteiger partial charge on any atom is -0.268 e. The molecule has 0 spiro atoms. The summed E-state index contributed by atoms with van der Waals surface area (Å²) >= 11 is 0. The zero-order chi connectivity index (χ0) is 19.2. The van der Waals surface area contributed by atoms with Crippen molar-refractivity contribution >= 4 is 15.9 Å². The van der Waals surface area contributed by atoms with Crippen LogP contribution in [0.5, 0.6) is 0 Å². The molecule has 0 aliphatic rings. The van der Waals surface area contributed by atoms with Crippen LogP contribution in [0.15, 0.2) is 83.8 Å². The lowest BCUT2D eigenvalue weighted by atomic mass is 10.2. The predicted molar refractivity (Wildman–Crippen MR) is 90.2 cm³/mol. The van der Waals surface area contributed by atoms with Gasteiger partial charge in [-0.25, -0.2) is 13.1 Å². The van der Waals surface area contributed by atoms with E-state index in [0.717, 1.165) is 12.1 Å². The van der Waals surface area contributed by atoms with Gasteiger partial charge in [0.2, 0.25) is 0 Å². The average molecular weight is 381 g/mol. The Bertz CT molecular complexity index is 913. The van der Waals surface area contributed by atoms with Crippen LogP contribution in [0, 0.1) is 0 Å². The number of halogens is 3. The van der Waals surface area contributed by atoms with Crippen LogP contribution in [0.3, 0.4) is 0 Å². The Morgan fingerprint density at radius 3 is 1.69 bits per heavy atom. The van der Waals surface area contributed by atoms with E-state index in [9.17, 15) is 26.4 Å². The van der Waals surface area contributed by atoms with Gasteiger partial charge in [0.05, 0.1) is 10.5 Å². The Balaban J connectivity index is 2.28.